The van der Waals surface area contributed by atoms with Crippen molar-refractivity contribution in [3.8, 4) is 5.75 Å². The van der Waals surface area contributed by atoms with Crippen LogP contribution in [0.3, 0.4) is 0 Å². The molecular weight excluding hydrogens is 357 g/mol. The lowest BCUT2D eigenvalue weighted by atomic mass is 10.2. The number of benzene rings is 2. The van der Waals surface area contributed by atoms with Gasteiger partial charge >= 0.3 is 0 Å². The molecule has 0 amide bonds. The van der Waals surface area contributed by atoms with Crippen LogP contribution >= 0.6 is 23.2 Å². The first-order chi connectivity index (χ1) is 10.8. The van der Waals surface area contributed by atoms with E-state index in [0.29, 0.717) is 21.4 Å². The highest BCUT2D eigenvalue weighted by molar-refractivity contribution is 7.88. The molecule has 2 aromatic rings. The van der Waals surface area contributed by atoms with Crippen LogP contribution in [0, 0.1) is 0 Å². The van der Waals surface area contributed by atoms with Crippen LogP contribution in [-0.2, 0) is 22.3 Å². The van der Waals surface area contributed by atoms with Gasteiger partial charge in [-0.25, -0.2) is 12.7 Å². The predicted octanol–water partition coefficient (Wildman–Crippen LogP) is 3.96. The fourth-order valence-electron chi connectivity index (χ4n) is 2.12. The maximum atomic E-state index is 12.5. The highest BCUT2D eigenvalue weighted by atomic mass is 35.5. The van der Waals surface area contributed by atoms with Gasteiger partial charge in [0.2, 0.25) is 10.0 Å². The zero-order valence-electron chi connectivity index (χ0n) is 12.8. The molecular formula is C16H17Cl2NO3S. The zero-order chi connectivity index (χ0) is 17.0. The molecule has 23 heavy (non-hydrogen) atoms. The molecule has 0 aliphatic heterocycles. The van der Waals surface area contributed by atoms with Crippen LogP contribution in [0.4, 0.5) is 0 Å². The molecule has 0 heterocycles. The number of para-hydroxylation sites is 1. The van der Waals surface area contributed by atoms with Gasteiger partial charge < -0.3 is 4.74 Å². The van der Waals surface area contributed by atoms with Gasteiger partial charge in [-0.3, -0.25) is 0 Å². The molecule has 0 radical (unpaired) electrons. The molecule has 2 rings (SSSR count). The van der Waals surface area contributed by atoms with Crippen molar-refractivity contribution in [2.24, 2.45) is 0 Å². The minimum absolute atomic E-state index is 0.186. The van der Waals surface area contributed by atoms with Crippen molar-refractivity contribution in [3.63, 3.8) is 0 Å². The van der Waals surface area contributed by atoms with Crippen LogP contribution in [0.2, 0.25) is 10.0 Å². The van der Waals surface area contributed by atoms with E-state index in [2.05, 4.69) is 0 Å². The summed E-state index contributed by atoms with van der Waals surface area (Å²) in [6.07, 6.45) is 0. The summed E-state index contributed by atoms with van der Waals surface area (Å²) in [5, 5.41) is 0.810. The molecule has 0 saturated carbocycles. The largest absolute Gasteiger partial charge is 0.496 e. The Morgan fingerprint density at radius 1 is 1.09 bits per heavy atom. The summed E-state index contributed by atoms with van der Waals surface area (Å²) in [4.78, 5) is 0. The fraction of sp³-hybridized carbons (Fsp3) is 0.250. The van der Waals surface area contributed by atoms with Gasteiger partial charge in [0.1, 0.15) is 5.75 Å². The first kappa shape index (κ1) is 18.1. The van der Waals surface area contributed by atoms with Gasteiger partial charge in [-0.05, 0) is 23.8 Å². The summed E-state index contributed by atoms with van der Waals surface area (Å²) in [7, 11) is -0.432. The van der Waals surface area contributed by atoms with Crippen molar-refractivity contribution in [1.82, 2.24) is 4.31 Å². The molecule has 0 unspecified atom stereocenters. The van der Waals surface area contributed by atoms with Crippen molar-refractivity contribution >= 4 is 33.2 Å². The van der Waals surface area contributed by atoms with Crippen LogP contribution in [0.25, 0.3) is 0 Å². The second-order valence-corrected chi connectivity index (χ2v) is 7.98. The van der Waals surface area contributed by atoms with Crippen LogP contribution in [0.1, 0.15) is 11.1 Å². The average Bonchev–Trinajstić information content (AvgIpc) is 2.50. The summed E-state index contributed by atoms with van der Waals surface area (Å²) < 4.78 is 31.6. The van der Waals surface area contributed by atoms with Crippen molar-refractivity contribution in [2.75, 3.05) is 14.2 Å². The monoisotopic (exact) mass is 373 g/mol. The molecule has 124 valence electrons. The van der Waals surface area contributed by atoms with Crippen LogP contribution < -0.4 is 4.74 Å². The second kappa shape index (κ2) is 7.53. The number of methoxy groups -OCH3 is 1. The third-order valence-electron chi connectivity index (χ3n) is 3.41. The van der Waals surface area contributed by atoms with E-state index in [0.717, 1.165) is 5.56 Å². The summed E-state index contributed by atoms with van der Waals surface area (Å²) in [6, 6.07) is 12.1. The molecule has 0 fully saturated rings. The van der Waals surface area contributed by atoms with Gasteiger partial charge in [-0.1, -0.05) is 47.5 Å². The van der Waals surface area contributed by atoms with Crippen molar-refractivity contribution in [3.05, 3.63) is 63.6 Å². The average molecular weight is 374 g/mol. The van der Waals surface area contributed by atoms with Gasteiger partial charge in [-0.2, -0.15) is 0 Å². The van der Waals surface area contributed by atoms with E-state index in [1.165, 1.54) is 17.4 Å². The molecule has 2 aromatic carbocycles. The lowest BCUT2D eigenvalue weighted by molar-refractivity contribution is 0.398. The fourth-order valence-corrected chi connectivity index (χ4v) is 3.87. The molecule has 0 aliphatic rings. The minimum atomic E-state index is -3.52. The van der Waals surface area contributed by atoms with Crippen LogP contribution in [0.5, 0.6) is 5.75 Å². The predicted molar refractivity (Wildman–Crippen MR) is 93.5 cm³/mol. The van der Waals surface area contributed by atoms with E-state index in [4.69, 9.17) is 27.9 Å². The molecule has 0 aromatic heterocycles. The summed E-state index contributed by atoms with van der Waals surface area (Å²) in [5.41, 5.74) is 1.31. The minimum Gasteiger partial charge on any atom is -0.496 e. The Hall–Kier alpha value is -1.27. The number of hydrogen-bond donors (Lipinski definition) is 0. The summed E-state index contributed by atoms with van der Waals surface area (Å²) >= 11 is 11.9. The second-order valence-electron chi connectivity index (χ2n) is 5.06. The van der Waals surface area contributed by atoms with Gasteiger partial charge in [0.05, 0.1) is 12.9 Å². The van der Waals surface area contributed by atoms with Crippen LogP contribution in [-0.4, -0.2) is 26.9 Å². The topological polar surface area (TPSA) is 46.6 Å². The highest BCUT2D eigenvalue weighted by Gasteiger charge is 2.21. The Bertz CT molecular complexity index is 794. The van der Waals surface area contributed by atoms with Crippen molar-refractivity contribution in [1.29, 1.82) is 0 Å². The first-order valence-corrected chi connectivity index (χ1v) is 9.20. The van der Waals surface area contributed by atoms with Gasteiger partial charge in [0.15, 0.2) is 0 Å². The van der Waals surface area contributed by atoms with Crippen molar-refractivity contribution in [2.45, 2.75) is 12.3 Å². The molecule has 0 bridgehead atoms. The summed E-state index contributed by atoms with van der Waals surface area (Å²) in [6.45, 7) is 0.220. The summed E-state index contributed by atoms with van der Waals surface area (Å²) in [5.74, 6) is 0.466. The van der Waals surface area contributed by atoms with E-state index in [9.17, 15) is 8.42 Å². The number of ether oxygens (including phenoxy) is 1. The zero-order valence-corrected chi connectivity index (χ0v) is 15.1. The first-order valence-electron chi connectivity index (χ1n) is 6.83. The standard InChI is InChI=1S/C16H17Cl2NO3S/c1-19(10-12-5-3-4-6-16(12)22-2)23(20,21)11-13-7-8-14(17)9-15(13)18/h3-9H,10-11H2,1-2H3. The number of hydrogen-bond acceptors (Lipinski definition) is 3. The quantitative estimate of drug-likeness (QED) is 0.769. The van der Waals surface area contributed by atoms with E-state index < -0.39 is 10.0 Å². The Kier molecular flexibility index (Phi) is 5.92. The Morgan fingerprint density at radius 2 is 1.78 bits per heavy atom. The SMILES string of the molecule is COc1ccccc1CN(C)S(=O)(=O)Cc1ccc(Cl)cc1Cl. The van der Waals surface area contributed by atoms with Crippen LogP contribution in [0.15, 0.2) is 42.5 Å². The Morgan fingerprint density at radius 3 is 2.43 bits per heavy atom. The van der Waals surface area contributed by atoms with E-state index >= 15 is 0 Å². The molecule has 0 atom stereocenters. The molecule has 0 spiro atoms. The maximum Gasteiger partial charge on any atom is 0.218 e. The number of rotatable bonds is 6. The van der Waals surface area contributed by atoms with Crippen molar-refractivity contribution < 1.29 is 13.2 Å². The lowest BCUT2D eigenvalue weighted by Crippen LogP contribution is -2.28. The number of sulfonamides is 1. The third kappa shape index (κ3) is 4.61. The van der Waals surface area contributed by atoms with Gasteiger partial charge in [0, 0.05) is 29.2 Å². The van der Waals surface area contributed by atoms with E-state index in [1.807, 2.05) is 18.2 Å². The van der Waals surface area contributed by atoms with E-state index in [1.54, 1.807) is 25.3 Å². The number of halogens is 2. The molecule has 0 N–H and O–H groups in total. The van der Waals surface area contributed by atoms with E-state index in [-0.39, 0.29) is 12.3 Å². The number of nitrogens with zero attached hydrogens (tertiary/aromatic N) is 1. The highest BCUT2D eigenvalue weighted by Crippen LogP contribution is 2.25. The maximum absolute atomic E-state index is 12.5. The van der Waals surface area contributed by atoms with Gasteiger partial charge in [-0.15, -0.1) is 0 Å². The molecule has 0 saturated heterocycles. The Balaban J connectivity index is 2.18. The normalized spacial score (nSPS) is 11.7. The molecule has 7 heteroatoms. The van der Waals surface area contributed by atoms with Gasteiger partial charge in [0.25, 0.3) is 0 Å². The Labute approximate surface area is 146 Å². The third-order valence-corrected chi connectivity index (χ3v) is 5.75. The smallest absolute Gasteiger partial charge is 0.218 e. The lowest BCUT2D eigenvalue weighted by Gasteiger charge is -2.19. The molecule has 4 nitrogen and oxygen atoms in total. The molecule has 0 aliphatic carbocycles.